The predicted octanol–water partition coefficient (Wildman–Crippen LogP) is 2.53. The van der Waals surface area contributed by atoms with Crippen LogP contribution >= 0.6 is 15.9 Å². The Hall–Kier alpha value is -0.390. The molecule has 1 N–H and O–H groups in total. The molecule has 0 radical (unpaired) electrons. The fraction of sp³-hybridized carbons (Fsp3) is 0.400. The van der Waals surface area contributed by atoms with Crippen molar-refractivity contribution < 1.29 is 8.42 Å². The summed E-state index contributed by atoms with van der Waals surface area (Å²) < 4.78 is 26.8. The van der Waals surface area contributed by atoms with Crippen LogP contribution in [-0.4, -0.2) is 15.0 Å². The smallest absolute Gasteiger partial charge is 0.211 e. The van der Waals surface area contributed by atoms with E-state index in [1.54, 1.807) is 24.3 Å². The molecule has 5 heteroatoms. The van der Waals surface area contributed by atoms with Crippen LogP contribution in [0.5, 0.6) is 0 Å². The van der Waals surface area contributed by atoms with Gasteiger partial charge in [-0.15, -0.1) is 0 Å². The quantitative estimate of drug-likeness (QED) is 0.848. The number of halogens is 1. The summed E-state index contributed by atoms with van der Waals surface area (Å²) >= 11 is 3.24. The molecule has 0 amide bonds. The Labute approximate surface area is 99.1 Å². The van der Waals surface area contributed by atoms with Crippen LogP contribution < -0.4 is 4.72 Å². The van der Waals surface area contributed by atoms with Gasteiger partial charge in [0.25, 0.3) is 0 Å². The number of rotatable bonds is 5. The summed E-state index contributed by atoms with van der Waals surface area (Å²) in [5, 5.41) is 0. The van der Waals surface area contributed by atoms with Gasteiger partial charge in [-0.25, -0.2) is 13.1 Å². The number of nitrogens with one attached hydrogen (secondary N) is 1. The van der Waals surface area contributed by atoms with E-state index in [1.807, 2.05) is 6.92 Å². The van der Waals surface area contributed by atoms with E-state index in [2.05, 4.69) is 20.7 Å². The number of unbranched alkanes of at least 4 members (excludes halogenated alkanes) is 1. The highest BCUT2D eigenvalue weighted by Gasteiger charge is 2.12. The average Bonchev–Trinajstić information content (AvgIpc) is 2.18. The van der Waals surface area contributed by atoms with E-state index < -0.39 is 10.0 Å². The van der Waals surface area contributed by atoms with Crippen LogP contribution in [0, 0.1) is 0 Å². The number of benzene rings is 1. The molecule has 1 aromatic carbocycles. The lowest BCUT2D eigenvalue weighted by atomic mass is 10.3. The first-order chi connectivity index (χ1) is 7.06. The molecule has 0 saturated carbocycles. The minimum absolute atomic E-state index is 0.299. The predicted molar refractivity (Wildman–Crippen MR) is 64.2 cm³/mol. The van der Waals surface area contributed by atoms with Crippen LogP contribution in [0.25, 0.3) is 0 Å². The van der Waals surface area contributed by atoms with E-state index in [-0.39, 0.29) is 0 Å². The van der Waals surface area contributed by atoms with Gasteiger partial charge in [0.15, 0.2) is 0 Å². The molecule has 1 aromatic rings. The lowest BCUT2D eigenvalue weighted by Crippen LogP contribution is -2.24. The van der Waals surface area contributed by atoms with E-state index in [9.17, 15) is 8.42 Å². The van der Waals surface area contributed by atoms with Gasteiger partial charge in [-0.3, -0.25) is 0 Å². The topological polar surface area (TPSA) is 46.2 Å². The van der Waals surface area contributed by atoms with E-state index in [1.165, 1.54) is 0 Å². The molecule has 84 valence electrons. The fourth-order valence-corrected chi connectivity index (χ4v) is 2.77. The average molecular weight is 292 g/mol. The number of hydrogen-bond donors (Lipinski definition) is 1. The van der Waals surface area contributed by atoms with Gasteiger partial charge >= 0.3 is 0 Å². The molecule has 0 unspecified atom stereocenters. The largest absolute Gasteiger partial charge is 0.240 e. The monoisotopic (exact) mass is 291 g/mol. The Morgan fingerprint density at radius 3 is 2.73 bits per heavy atom. The van der Waals surface area contributed by atoms with Crippen molar-refractivity contribution in [1.82, 2.24) is 4.72 Å². The van der Waals surface area contributed by atoms with E-state index in [0.29, 0.717) is 11.4 Å². The van der Waals surface area contributed by atoms with Crippen molar-refractivity contribution in [1.29, 1.82) is 0 Å². The van der Waals surface area contributed by atoms with E-state index >= 15 is 0 Å². The molecule has 0 bridgehead atoms. The molecule has 0 saturated heterocycles. The standard InChI is InChI=1S/C10H14BrNO2S/c1-2-3-7-12-15(13,14)10-6-4-5-9(11)8-10/h4-6,8,12H,2-3,7H2,1H3. The summed E-state index contributed by atoms with van der Waals surface area (Å²) in [6, 6.07) is 6.68. The molecule has 3 nitrogen and oxygen atoms in total. The second-order valence-corrected chi connectivity index (χ2v) is 5.89. The van der Waals surface area contributed by atoms with Crippen LogP contribution in [0.2, 0.25) is 0 Å². The van der Waals surface area contributed by atoms with E-state index in [4.69, 9.17) is 0 Å². The minimum Gasteiger partial charge on any atom is -0.211 e. The first kappa shape index (κ1) is 12.7. The Morgan fingerprint density at radius 2 is 2.13 bits per heavy atom. The Morgan fingerprint density at radius 1 is 1.40 bits per heavy atom. The van der Waals surface area contributed by atoms with Gasteiger partial charge in [-0.1, -0.05) is 35.3 Å². The first-order valence-electron chi connectivity index (χ1n) is 4.81. The molecular weight excluding hydrogens is 278 g/mol. The van der Waals surface area contributed by atoms with Gasteiger partial charge in [0.2, 0.25) is 10.0 Å². The third-order valence-electron chi connectivity index (χ3n) is 1.93. The second kappa shape index (κ2) is 5.63. The molecule has 0 aliphatic heterocycles. The van der Waals surface area contributed by atoms with Crippen molar-refractivity contribution in [3.8, 4) is 0 Å². The molecule has 0 spiro atoms. The Balaban J connectivity index is 2.77. The summed E-state index contributed by atoms with van der Waals surface area (Å²) in [5.74, 6) is 0. The maximum atomic E-state index is 11.7. The van der Waals surface area contributed by atoms with Crippen LogP contribution in [0.4, 0.5) is 0 Å². The van der Waals surface area contributed by atoms with Crippen LogP contribution in [0.15, 0.2) is 33.6 Å². The molecule has 1 rings (SSSR count). The molecule has 15 heavy (non-hydrogen) atoms. The van der Waals surface area contributed by atoms with Crippen molar-refractivity contribution in [2.45, 2.75) is 24.7 Å². The lowest BCUT2D eigenvalue weighted by molar-refractivity contribution is 0.578. The summed E-state index contributed by atoms with van der Waals surface area (Å²) in [6.07, 6.45) is 1.83. The summed E-state index contributed by atoms with van der Waals surface area (Å²) in [4.78, 5) is 0.299. The molecule has 0 fully saturated rings. The first-order valence-corrected chi connectivity index (χ1v) is 7.09. The normalized spacial score (nSPS) is 11.6. The fourth-order valence-electron chi connectivity index (χ4n) is 1.10. The number of sulfonamides is 1. The van der Waals surface area contributed by atoms with Gasteiger partial charge in [-0.05, 0) is 24.6 Å². The lowest BCUT2D eigenvalue weighted by Gasteiger charge is -2.05. The van der Waals surface area contributed by atoms with Crippen molar-refractivity contribution >= 4 is 26.0 Å². The van der Waals surface area contributed by atoms with Gasteiger partial charge in [0.1, 0.15) is 0 Å². The Bertz CT molecular complexity index is 417. The Kier molecular flexibility index (Phi) is 4.76. The van der Waals surface area contributed by atoms with Gasteiger partial charge in [0, 0.05) is 11.0 Å². The highest BCUT2D eigenvalue weighted by Crippen LogP contribution is 2.15. The van der Waals surface area contributed by atoms with E-state index in [0.717, 1.165) is 17.3 Å². The third kappa shape index (κ3) is 3.93. The molecule has 0 heterocycles. The second-order valence-electron chi connectivity index (χ2n) is 3.21. The molecule has 0 atom stereocenters. The highest BCUT2D eigenvalue weighted by atomic mass is 79.9. The molecule has 0 aromatic heterocycles. The zero-order valence-electron chi connectivity index (χ0n) is 8.53. The zero-order chi connectivity index (χ0) is 11.3. The van der Waals surface area contributed by atoms with Crippen molar-refractivity contribution in [2.24, 2.45) is 0 Å². The van der Waals surface area contributed by atoms with Crippen LogP contribution in [0.1, 0.15) is 19.8 Å². The van der Waals surface area contributed by atoms with Gasteiger partial charge < -0.3 is 0 Å². The van der Waals surface area contributed by atoms with Crippen molar-refractivity contribution in [3.63, 3.8) is 0 Å². The molecule has 0 aliphatic rings. The summed E-state index contributed by atoms with van der Waals surface area (Å²) in [7, 11) is -3.34. The maximum absolute atomic E-state index is 11.7. The van der Waals surface area contributed by atoms with Gasteiger partial charge in [-0.2, -0.15) is 0 Å². The maximum Gasteiger partial charge on any atom is 0.240 e. The summed E-state index contributed by atoms with van der Waals surface area (Å²) in [5.41, 5.74) is 0. The van der Waals surface area contributed by atoms with Gasteiger partial charge in [0.05, 0.1) is 4.90 Å². The van der Waals surface area contributed by atoms with Crippen molar-refractivity contribution in [3.05, 3.63) is 28.7 Å². The van der Waals surface area contributed by atoms with Crippen LogP contribution in [0.3, 0.4) is 0 Å². The van der Waals surface area contributed by atoms with Crippen LogP contribution in [-0.2, 0) is 10.0 Å². The third-order valence-corrected chi connectivity index (χ3v) is 3.88. The molecule has 0 aliphatic carbocycles. The number of hydrogen-bond acceptors (Lipinski definition) is 2. The SMILES string of the molecule is CCCCNS(=O)(=O)c1cccc(Br)c1. The summed E-state index contributed by atoms with van der Waals surface area (Å²) in [6.45, 7) is 2.51. The minimum atomic E-state index is -3.34. The van der Waals surface area contributed by atoms with Crippen molar-refractivity contribution in [2.75, 3.05) is 6.54 Å². The highest BCUT2D eigenvalue weighted by molar-refractivity contribution is 9.10. The molecular formula is C10H14BrNO2S. The zero-order valence-corrected chi connectivity index (χ0v) is 10.9.